The van der Waals surface area contributed by atoms with Crippen molar-refractivity contribution in [3.8, 4) is 0 Å². The van der Waals surface area contributed by atoms with E-state index in [1.165, 1.54) is 0 Å². The molecule has 0 radical (unpaired) electrons. The third-order valence-corrected chi connectivity index (χ3v) is 2.29. The van der Waals surface area contributed by atoms with Crippen molar-refractivity contribution in [2.75, 3.05) is 0 Å². The van der Waals surface area contributed by atoms with Crippen LogP contribution >= 0.6 is 0 Å². The Bertz CT molecular complexity index is 283. The zero-order valence-corrected chi connectivity index (χ0v) is 7.44. The summed E-state index contributed by atoms with van der Waals surface area (Å²) in [5.74, 6) is -1.89. The second-order valence-corrected chi connectivity index (χ2v) is 3.31. The van der Waals surface area contributed by atoms with Gasteiger partial charge in [0.15, 0.2) is 12.0 Å². The Morgan fingerprint density at radius 1 is 1.27 bits per heavy atom. The highest BCUT2D eigenvalue weighted by molar-refractivity contribution is 5.78. The molecule has 5 atom stereocenters. The van der Waals surface area contributed by atoms with Gasteiger partial charge < -0.3 is 30.3 Å². The summed E-state index contributed by atoms with van der Waals surface area (Å²) in [7, 11) is 0. The van der Waals surface area contributed by atoms with Crippen molar-refractivity contribution >= 4 is 5.97 Å². The van der Waals surface area contributed by atoms with Gasteiger partial charge in [-0.25, -0.2) is 4.79 Å². The molecule has 0 spiro atoms. The van der Waals surface area contributed by atoms with Gasteiger partial charge in [-0.1, -0.05) is 0 Å². The summed E-state index contributed by atoms with van der Waals surface area (Å²) >= 11 is 0. The first-order valence-electron chi connectivity index (χ1n) is 3.90. The highest BCUT2D eigenvalue weighted by atomic mass is 16.7. The first-order valence-corrected chi connectivity index (χ1v) is 3.90. The van der Waals surface area contributed by atoms with E-state index in [1.54, 1.807) is 0 Å². The van der Waals surface area contributed by atoms with Crippen LogP contribution in [0.4, 0.5) is 0 Å². The van der Waals surface area contributed by atoms with Gasteiger partial charge in [-0.3, -0.25) is 11.5 Å². The molecule has 1 fully saturated rings. The van der Waals surface area contributed by atoms with E-state index in [0.29, 0.717) is 0 Å². The maximum absolute atomic E-state index is 10.7. The van der Waals surface area contributed by atoms with Gasteiger partial charge >= 0.3 is 5.97 Å². The van der Waals surface area contributed by atoms with Crippen molar-refractivity contribution in [3.63, 3.8) is 0 Å². The molecule has 0 bridgehead atoms. The number of aliphatic hydroxyl groups excluding tert-OH is 3. The molecule has 0 amide bonds. The fraction of sp³-hybridized carbons (Fsp3) is 0.833. The van der Waals surface area contributed by atoms with Crippen LogP contribution in [-0.4, -0.2) is 61.4 Å². The Morgan fingerprint density at radius 3 is 2.13 bits per heavy atom. The quantitative estimate of drug-likeness (QED) is 0.216. The van der Waals surface area contributed by atoms with Crippen molar-refractivity contribution in [1.29, 1.82) is 0 Å². The number of hydrogen-bond acceptors (Lipinski definition) is 8. The first kappa shape index (κ1) is 12.3. The van der Waals surface area contributed by atoms with Crippen molar-refractivity contribution in [1.82, 2.24) is 0 Å². The van der Waals surface area contributed by atoms with Crippen LogP contribution in [0.3, 0.4) is 0 Å². The molecule has 1 saturated heterocycles. The van der Waals surface area contributed by atoms with Crippen LogP contribution in [0.25, 0.3) is 0 Å². The molecule has 0 saturated carbocycles. The standard InChI is InChI=1S/C6H12N2O7/c7-5(14)2(10)1(9)3(11)15-6(5,8)4(12)13/h1-3,9-11,14H,7-8H2,(H,12,13)/t1-,2-,3-,5+,6-/m1/s1. The molecule has 9 N–H and O–H groups in total. The number of hydrogen-bond donors (Lipinski definition) is 7. The van der Waals surface area contributed by atoms with Crippen LogP contribution in [0.2, 0.25) is 0 Å². The van der Waals surface area contributed by atoms with Crippen LogP contribution in [0.5, 0.6) is 0 Å². The number of ether oxygens (including phenoxy) is 1. The van der Waals surface area contributed by atoms with Crippen molar-refractivity contribution in [3.05, 3.63) is 0 Å². The predicted octanol–water partition coefficient (Wildman–Crippen LogP) is -4.56. The van der Waals surface area contributed by atoms with Gasteiger partial charge in [0, 0.05) is 0 Å². The second-order valence-electron chi connectivity index (χ2n) is 3.31. The Labute approximate surface area is 83.5 Å². The van der Waals surface area contributed by atoms with Crippen molar-refractivity contribution < 1.29 is 35.1 Å². The fourth-order valence-corrected chi connectivity index (χ4v) is 1.21. The van der Waals surface area contributed by atoms with Gasteiger partial charge in [0.2, 0.25) is 0 Å². The number of aliphatic carboxylic acids is 1. The third-order valence-electron chi connectivity index (χ3n) is 2.29. The molecule has 9 heteroatoms. The van der Waals surface area contributed by atoms with E-state index in [1.807, 2.05) is 0 Å². The van der Waals surface area contributed by atoms with Crippen LogP contribution < -0.4 is 11.5 Å². The summed E-state index contributed by atoms with van der Waals surface area (Å²) in [5.41, 5.74) is 4.31. The molecule has 0 aromatic rings. The number of carboxylic acid groups (broad SMARTS) is 1. The van der Waals surface area contributed by atoms with E-state index in [9.17, 15) is 15.0 Å². The molecule has 0 aromatic carbocycles. The van der Waals surface area contributed by atoms with Gasteiger partial charge in [-0.05, 0) is 0 Å². The normalized spacial score (nSPS) is 51.5. The summed E-state index contributed by atoms with van der Waals surface area (Å²) < 4.78 is 4.28. The third kappa shape index (κ3) is 1.50. The molecule has 15 heavy (non-hydrogen) atoms. The number of carbonyl (C=O) groups is 1. The monoisotopic (exact) mass is 224 g/mol. The molecule has 9 nitrogen and oxygen atoms in total. The van der Waals surface area contributed by atoms with E-state index in [2.05, 4.69) is 4.74 Å². The summed E-state index contributed by atoms with van der Waals surface area (Å²) in [6.07, 6.45) is -6.19. The molecule has 0 aliphatic carbocycles. The summed E-state index contributed by atoms with van der Waals surface area (Å²) in [6, 6.07) is 0. The average molecular weight is 224 g/mol. The smallest absolute Gasteiger partial charge is 0.356 e. The van der Waals surface area contributed by atoms with E-state index >= 15 is 0 Å². The largest absolute Gasteiger partial charge is 0.478 e. The van der Waals surface area contributed by atoms with Gasteiger partial charge in [-0.15, -0.1) is 0 Å². The molecule has 1 heterocycles. The van der Waals surface area contributed by atoms with Crippen LogP contribution in [-0.2, 0) is 9.53 Å². The maximum Gasteiger partial charge on any atom is 0.356 e. The molecule has 1 rings (SSSR count). The molecule has 88 valence electrons. The summed E-state index contributed by atoms with van der Waals surface area (Å²) in [6.45, 7) is 0. The Kier molecular flexibility index (Phi) is 2.74. The SMILES string of the molecule is N[C@]1(O)[C@H](O)[C@@H](O)[C@H](O)O[C@]1(N)C(=O)O. The zero-order valence-electron chi connectivity index (χ0n) is 7.44. The second kappa shape index (κ2) is 3.35. The van der Waals surface area contributed by atoms with E-state index in [-0.39, 0.29) is 0 Å². The molecular weight excluding hydrogens is 212 g/mol. The highest BCUT2D eigenvalue weighted by Crippen LogP contribution is 2.30. The van der Waals surface area contributed by atoms with Crippen molar-refractivity contribution in [2.24, 2.45) is 11.5 Å². The summed E-state index contributed by atoms with van der Waals surface area (Å²) in [4.78, 5) is 10.7. The molecule has 1 aliphatic heterocycles. The van der Waals surface area contributed by atoms with Gasteiger partial charge in [0.1, 0.15) is 12.2 Å². The highest BCUT2D eigenvalue weighted by Gasteiger charge is 2.64. The van der Waals surface area contributed by atoms with E-state index in [0.717, 1.165) is 0 Å². The molecular formula is C6H12N2O7. The zero-order chi connectivity index (χ0) is 12.0. The van der Waals surface area contributed by atoms with Crippen LogP contribution in [0.15, 0.2) is 0 Å². The lowest BCUT2D eigenvalue weighted by molar-refractivity contribution is -0.345. The average Bonchev–Trinajstić information content (AvgIpc) is 2.12. The minimum Gasteiger partial charge on any atom is -0.478 e. The van der Waals surface area contributed by atoms with E-state index in [4.69, 9.17) is 26.8 Å². The van der Waals surface area contributed by atoms with Crippen molar-refractivity contribution in [2.45, 2.75) is 29.9 Å². The summed E-state index contributed by atoms with van der Waals surface area (Å²) in [5, 5.41) is 45.5. The van der Waals surface area contributed by atoms with Gasteiger partial charge in [0.05, 0.1) is 0 Å². The minimum absolute atomic E-state index is 1.89. The number of carboxylic acids is 1. The van der Waals surface area contributed by atoms with E-state index < -0.39 is 35.9 Å². The van der Waals surface area contributed by atoms with Crippen LogP contribution in [0, 0.1) is 0 Å². The number of rotatable bonds is 1. The lowest BCUT2D eigenvalue weighted by Crippen LogP contribution is -2.82. The molecule has 0 aromatic heterocycles. The fourth-order valence-electron chi connectivity index (χ4n) is 1.21. The van der Waals surface area contributed by atoms with Crippen LogP contribution in [0.1, 0.15) is 0 Å². The Morgan fingerprint density at radius 2 is 1.73 bits per heavy atom. The Balaban J connectivity index is 3.15. The minimum atomic E-state index is -2.93. The number of nitrogens with two attached hydrogens (primary N) is 2. The molecule has 0 unspecified atom stereocenters. The molecule has 1 aliphatic rings. The maximum atomic E-state index is 10.7. The first-order chi connectivity index (χ1) is 6.64. The lowest BCUT2D eigenvalue weighted by Gasteiger charge is -2.48. The van der Waals surface area contributed by atoms with Gasteiger partial charge in [-0.2, -0.15) is 0 Å². The Hall–Kier alpha value is -0.810. The van der Waals surface area contributed by atoms with Gasteiger partial charge in [0.25, 0.3) is 5.72 Å². The topological polar surface area (TPSA) is 179 Å². The number of aliphatic hydroxyl groups is 4. The lowest BCUT2D eigenvalue weighted by atomic mass is 9.88. The predicted molar refractivity (Wildman–Crippen MR) is 42.8 cm³/mol.